The fourth-order valence-electron chi connectivity index (χ4n) is 2.95. The molecule has 140 valence electrons. The van der Waals surface area contributed by atoms with E-state index in [1.807, 2.05) is 31.2 Å². The molecule has 1 amide bonds. The molecule has 1 aromatic carbocycles. The average Bonchev–Trinajstić information content (AvgIpc) is 3.22. The van der Waals surface area contributed by atoms with E-state index in [-0.39, 0.29) is 19.6 Å². The van der Waals surface area contributed by atoms with E-state index in [4.69, 9.17) is 9.47 Å². The van der Waals surface area contributed by atoms with Crippen molar-refractivity contribution in [3.05, 3.63) is 45.8 Å². The number of esters is 1. The number of carbonyl (C=O) groups excluding carboxylic acids is 2. The molecule has 0 atom stereocenters. The maximum absolute atomic E-state index is 12.0. The third kappa shape index (κ3) is 4.66. The summed E-state index contributed by atoms with van der Waals surface area (Å²) in [6, 6.07) is 9.70. The minimum atomic E-state index is -0.507. The van der Waals surface area contributed by atoms with Gasteiger partial charge in [0, 0.05) is 4.88 Å². The number of nitrogens with zero attached hydrogens (tertiary/aromatic N) is 1. The molecule has 1 heterocycles. The molecule has 2 aromatic rings. The molecular formula is C20H20N2O4S. The van der Waals surface area contributed by atoms with Crippen LogP contribution >= 0.6 is 11.3 Å². The highest BCUT2D eigenvalue weighted by Gasteiger charge is 2.23. The Morgan fingerprint density at radius 3 is 2.89 bits per heavy atom. The lowest BCUT2D eigenvalue weighted by atomic mass is 10.1. The van der Waals surface area contributed by atoms with Crippen LogP contribution in [0.25, 0.3) is 0 Å². The van der Waals surface area contributed by atoms with Crippen molar-refractivity contribution in [1.29, 1.82) is 5.26 Å². The molecule has 27 heavy (non-hydrogen) atoms. The first-order valence-corrected chi connectivity index (χ1v) is 9.58. The molecule has 1 aliphatic rings. The number of hydrogen-bond donors (Lipinski definition) is 1. The molecular weight excluding hydrogens is 364 g/mol. The van der Waals surface area contributed by atoms with Crippen molar-refractivity contribution >= 4 is 28.2 Å². The van der Waals surface area contributed by atoms with Crippen LogP contribution < -0.4 is 10.1 Å². The molecule has 6 nitrogen and oxygen atoms in total. The number of nitrogens with one attached hydrogen (secondary N) is 1. The molecule has 7 heteroatoms. The zero-order chi connectivity index (χ0) is 19.2. The largest absolute Gasteiger partial charge is 0.493 e. The lowest BCUT2D eigenvalue weighted by Gasteiger charge is -2.09. The molecule has 1 aliphatic carbocycles. The van der Waals surface area contributed by atoms with Gasteiger partial charge in [-0.2, -0.15) is 5.26 Å². The van der Waals surface area contributed by atoms with Gasteiger partial charge >= 0.3 is 5.97 Å². The topological polar surface area (TPSA) is 88.4 Å². The fraction of sp³-hybridized carbons (Fsp3) is 0.350. The molecule has 3 rings (SSSR count). The van der Waals surface area contributed by atoms with Gasteiger partial charge in [0.15, 0.2) is 6.61 Å². The molecule has 0 radical (unpaired) electrons. The predicted octanol–water partition coefficient (Wildman–Crippen LogP) is 3.37. The van der Waals surface area contributed by atoms with Crippen molar-refractivity contribution in [2.75, 3.05) is 18.5 Å². The summed E-state index contributed by atoms with van der Waals surface area (Å²) >= 11 is 1.43. The van der Waals surface area contributed by atoms with Crippen LogP contribution in [0, 0.1) is 18.3 Å². The Kier molecular flexibility index (Phi) is 6.09. The van der Waals surface area contributed by atoms with E-state index in [1.165, 1.54) is 11.3 Å². The number of aryl methyl sites for hydroxylation is 2. The van der Waals surface area contributed by atoms with Crippen LogP contribution in [0.3, 0.4) is 0 Å². The van der Waals surface area contributed by atoms with E-state index in [0.717, 1.165) is 41.0 Å². The van der Waals surface area contributed by atoms with Gasteiger partial charge in [0.1, 0.15) is 16.8 Å². The third-order valence-corrected chi connectivity index (χ3v) is 5.51. The Hall–Kier alpha value is -2.85. The Labute approximate surface area is 161 Å². The number of fused-ring (bicyclic) bond motifs is 1. The average molecular weight is 384 g/mol. The zero-order valence-corrected chi connectivity index (χ0v) is 15.9. The number of nitriles is 1. The van der Waals surface area contributed by atoms with Crippen molar-refractivity contribution < 1.29 is 19.1 Å². The highest BCUT2D eigenvalue weighted by atomic mass is 32.1. The summed E-state index contributed by atoms with van der Waals surface area (Å²) in [4.78, 5) is 25.0. The number of benzene rings is 1. The minimum Gasteiger partial charge on any atom is -0.493 e. The van der Waals surface area contributed by atoms with Gasteiger partial charge in [-0.15, -0.1) is 11.3 Å². The number of thiophene rings is 1. The van der Waals surface area contributed by atoms with Crippen LogP contribution in [0.15, 0.2) is 24.3 Å². The van der Waals surface area contributed by atoms with Crippen molar-refractivity contribution in [2.45, 2.75) is 32.6 Å². The van der Waals surface area contributed by atoms with E-state index in [1.54, 1.807) is 0 Å². The maximum atomic E-state index is 12.0. The number of para-hydroxylation sites is 1. The molecule has 0 unspecified atom stereocenters. The van der Waals surface area contributed by atoms with Crippen molar-refractivity contribution in [3.8, 4) is 11.8 Å². The van der Waals surface area contributed by atoms with E-state index >= 15 is 0 Å². The normalized spacial score (nSPS) is 12.1. The molecule has 0 aliphatic heterocycles. The van der Waals surface area contributed by atoms with Crippen molar-refractivity contribution in [3.63, 3.8) is 0 Å². The molecule has 0 fully saturated rings. The summed E-state index contributed by atoms with van der Waals surface area (Å²) in [6.07, 6.45) is 2.92. The zero-order valence-electron chi connectivity index (χ0n) is 15.0. The van der Waals surface area contributed by atoms with Crippen LogP contribution in [0.1, 0.15) is 34.4 Å². The third-order valence-electron chi connectivity index (χ3n) is 4.31. The van der Waals surface area contributed by atoms with Gasteiger partial charge in [-0.3, -0.25) is 9.59 Å². The molecule has 0 saturated carbocycles. The highest BCUT2D eigenvalue weighted by Crippen LogP contribution is 2.38. The van der Waals surface area contributed by atoms with Crippen LogP contribution in [-0.4, -0.2) is 25.1 Å². The molecule has 0 bridgehead atoms. The monoisotopic (exact) mass is 384 g/mol. The van der Waals surface area contributed by atoms with Gasteiger partial charge in [-0.05, 0) is 43.4 Å². The highest BCUT2D eigenvalue weighted by molar-refractivity contribution is 7.16. The maximum Gasteiger partial charge on any atom is 0.309 e. The summed E-state index contributed by atoms with van der Waals surface area (Å²) in [5.74, 6) is -0.231. The number of amides is 1. The van der Waals surface area contributed by atoms with Gasteiger partial charge in [0.25, 0.3) is 5.91 Å². The summed E-state index contributed by atoms with van der Waals surface area (Å²) < 4.78 is 10.5. The van der Waals surface area contributed by atoms with Crippen LogP contribution in [0.4, 0.5) is 5.00 Å². The second kappa shape index (κ2) is 8.69. The predicted molar refractivity (Wildman–Crippen MR) is 102 cm³/mol. The van der Waals surface area contributed by atoms with Gasteiger partial charge in [0.05, 0.1) is 18.6 Å². The van der Waals surface area contributed by atoms with Gasteiger partial charge in [0.2, 0.25) is 0 Å². The second-order valence-corrected chi connectivity index (χ2v) is 7.35. The summed E-state index contributed by atoms with van der Waals surface area (Å²) in [7, 11) is 0. The first kappa shape index (κ1) is 18.9. The van der Waals surface area contributed by atoms with E-state index < -0.39 is 11.9 Å². The SMILES string of the molecule is Cc1ccccc1OCCC(=O)OCC(=O)Nc1sc2c(c1C#N)CCC2. The first-order chi connectivity index (χ1) is 13.1. The van der Waals surface area contributed by atoms with E-state index in [0.29, 0.717) is 10.6 Å². The number of ether oxygens (including phenoxy) is 2. The molecule has 1 N–H and O–H groups in total. The summed E-state index contributed by atoms with van der Waals surface area (Å²) in [5, 5.41) is 12.6. The molecule has 1 aromatic heterocycles. The fourth-order valence-corrected chi connectivity index (χ4v) is 4.21. The minimum absolute atomic E-state index is 0.0539. The Morgan fingerprint density at radius 2 is 2.11 bits per heavy atom. The molecule has 0 saturated heterocycles. The number of anilines is 1. The second-order valence-electron chi connectivity index (χ2n) is 6.25. The van der Waals surface area contributed by atoms with E-state index in [9.17, 15) is 14.9 Å². The number of carbonyl (C=O) groups is 2. The van der Waals surface area contributed by atoms with Gasteiger partial charge in [-0.25, -0.2) is 0 Å². The first-order valence-electron chi connectivity index (χ1n) is 8.77. The van der Waals surface area contributed by atoms with E-state index in [2.05, 4.69) is 11.4 Å². The summed E-state index contributed by atoms with van der Waals surface area (Å²) in [6.45, 7) is 1.73. The van der Waals surface area contributed by atoms with Crippen LogP contribution in [0.2, 0.25) is 0 Å². The van der Waals surface area contributed by atoms with Gasteiger partial charge < -0.3 is 14.8 Å². The lowest BCUT2D eigenvalue weighted by molar-refractivity contribution is -0.147. The lowest BCUT2D eigenvalue weighted by Crippen LogP contribution is -2.21. The van der Waals surface area contributed by atoms with Crippen molar-refractivity contribution in [2.24, 2.45) is 0 Å². The quantitative estimate of drug-likeness (QED) is 0.740. The smallest absolute Gasteiger partial charge is 0.309 e. The Morgan fingerprint density at radius 1 is 1.30 bits per heavy atom. The number of rotatable bonds is 7. The van der Waals surface area contributed by atoms with Crippen LogP contribution in [0.5, 0.6) is 5.75 Å². The van der Waals surface area contributed by atoms with Gasteiger partial charge in [-0.1, -0.05) is 18.2 Å². The van der Waals surface area contributed by atoms with Crippen molar-refractivity contribution in [1.82, 2.24) is 0 Å². The molecule has 0 spiro atoms. The number of hydrogen-bond acceptors (Lipinski definition) is 6. The Bertz CT molecular complexity index is 898. The standard InChI is InChI=1S/C20H20N2O4S/c1-13-5-2-3-7-16(13)25-10-9-19(24)26-12-18(23)22-20-15(11-21)14-6-4-8-17(14)27-20/h2-3,5,7H,4,6,8-10,12H2,1H3,(H,22,23). The Balaban J connectivity index is 1.42. The van der Waals surface area contributed by atoms with Crippen LogP contribution in [-0.2, 0) is 27.2 Å². The summed E-state index contributed by atoms with van der Waals surface area (Å²) in [5.41, 5.74) is 2.57.